The highest BCUT2D eigenvalue weighted by Crippen LogP contribution is 2.32. The Morgan fingerprint density at radius 3 is 3.10 bits per heavy atom. The van der Waals surface area contributed by atoms with Gasteiger partial charge in [-0.2, -0.15) is 0 Å². The molecule has 21 heavy (non-hydrogen) atoms. The van der Waals surface area contributed by atoms with Crippen molar-refractivity contribution in [1.82, 2.24) is 10.3 Å². The van der Waals surface area contributed by atoms with E-state index >= 15 is 0 Å². The van der Waals surface area contributed by atoms with Crippen LogP contribution in [0.3, 0.4) is 0 Å². The number of anilines is 1. The van der Waals surface area contributed by atoms with Crippen LogP contribution in [-0.4, -0.2) is 31.2 Å². The minimum Gasteiger partial charge on any atom is -0.368 e. The normalized spacial score (nSPS) is 19.1. The molecule has 1 fully saturated rings. The molecular formula is C17H22ClN3. The zero-order valence-corrected chi connectivity index (χ0v) is 13.2. The van der Waals surface area contributed by atoms with E-state index in [0.717, 1.165) is 23.6 Å². The number of pyridine rings is 1. The Bertz CT molecular complexity index is 614. The van der Waals surface area contributed by atoms with E-state index in [1.165, 1.54) is 36.8 Å². The molecule has 1 saturated heterocycles. The molecule has 1 aromatic carbocycles. The summed E-state index contributed by atoms with van der Waals surface area (Å²) in [6, 6.07) is 8.78. The van der Waals surface area contributed by atoms with Crippen LogP contribution in [0.4, 0.5) is 5.69 Å². The largest absolute Gasteiger partial charge is 0.368 e. The molecule has 0 bridgehead atoms. The number of aromatic nitrogens is 1. The number of fused-ring (bicyclic) bond motifs is 1. The van der Waals surface area contributed by atoms with Crippen molar-refractivity contribution in [2.45, 2.75) is 31.7 Å². The van der Waals surface area contributed by atoms with Crippen LogP contribution in [0.2, 0.25) is 5.02 Å². The molecule has 1 aromatic heterocycles. The maximum absolute atomic E-state index is 6.09. The highest BCUT2D eigenvalue weighted by Gasteiger charge is 2.23. The van der Waals surface area contributed by atoms with E-state index in [2.05, 4.69) is 27.3 Å². The highest BCUT2D eigenvalue weighted by atomic mass is 35.5. The highest BCUT2D eigenvalue weighted by molar-refractivity contribution is 6.31. The molecular weight excluding hydrogens is 282 g/mol. The number of nitrogens with one attached hydrogen (secondary N) is 1. The van der Waals surface area contributed by atoms with Crippen molar-refractivity contribution in [3.05, 3.63) is 35.5 Å². The lowest BCUT2D eigenvalue weighted by Crippen LogP contribution is -2.41. The summed E-state index contributed by atoms with van der Waals surface area (Å²) in [7, 11) is 2.02. The van der Waals surface area contributed by atoms with E-state index < -0.39 is 0 Å². The summed E-state index contributed by atoms with van der Waals surface area (Å²) >= 11 is 6.09. The molecule has 112 valence electrons. The fourth-order valence-corrected chi connectivity index (χ4v) is 3.45. The molecule has 0 spiro atoms. The van der Waals surface area contributed by atoms with Crippen molar-refractivity contribution >= 4 is 28.2 Å². The maximum Gasteiger partial charge on any atom is 0.0737 e. The number of nitrogens with zero attached hydrogens (tertiary/aromatic N) is 2. The second-order valence-electron chi connectivity index (χ2n) is 5.73. The van der Waals surface area contributed by atoms with Gasteiger partial charge in [-0.1, -0.05) is 11.6 Å². The molecule has 1 N–H and O–H groups in total. The minimum absolute atomic E-state index is 0.618. The predicted molar refractivity (Wildman–Crippen MR) is 90.3 cm³/mol. The van der Waals surface area contributed by atoms with Crippen LogP contribution in [0, 0.1) is 0 Å². The summed E-state index contributed by atoms with van der Waals surface area (Å²) in [5.74, 6) is 0. The number of piperidine rings is 1. The van der Waals surface area contributed by atoms with Crippen LogP contribution in [0.5, 0.6) is 0 Å². The summed E-state index contributed by atoms with van der Waals surface area (Å²) < 4.78 is 0. The van der Waals surface area contributed by atoms with Gasteiger partial charge in [-0.15, -0.1) is 0 Å². The molecule has 1 atom stereocenters. The van der Waals surface area contributed by atoms with E-state index in [9.17, 15) is 0 Å². The van der Waals surface area contributed by atoms with E-state index in [0.29, 0.717) is 6.04 Å². The number of halogens is 1. The summed E-state index contributed by atoms with van der Waals surface area (Å²) in [6.45, 7) is 2.20. The first-order valence-electron chi connectivity index (χ1n) is 7.75. The van der Waals surface area contributed by atoms with Crippen molar-refractivity contribution in [3.63, 3.8) is 0 Å². The Morgan fingerprint density at radius 2 is 2.24 bits per heavy atom. The van der Waals surface area contributed by atoms with Crippen molar-refractivity contribution in [2.75, 3.05) is 25.0 Å². The van der Waals surface area contributed by atoms with Gasteiger partial charge in [-0.3, -0.25) is 4.98 Å². The molecule has 1 aliphatic heterocycles. The minimum atomic E-state index is 0.618. The number of hydrogen-bond donors (Lipinski definition) is 1. The fourth-order valence-electron chi connectivity index (χ4n) is 3.29. The van der Waals surface area contributed by atoms with Crippen LogP contribution in [0.1, 0.15) is 25.7 Å². The third kappa shape index (κ3) is 3.14. The second-order valence-corrected chi connectivity index (χ2v) is 6.16. The zero-order chi connectivity index (χ0) is 14.7. The molecule has 1 aliphatic rings. The average molecular weight is 304 g/mol. The molecule has 3 rings (SSSR count). The molecule has 2 aromatic rings. The zero-order valence-electron chi connectivity index (χ0n) is 12.5. The number of rotatable bonds is 4. The van der Waals surface area contributed by atoms with Crippen molar-refractivity contribution in [2.24, 2.45) is 0 Å². The van der Waals surface area contributed by atoms with Gasteiger partial charge in [0.25, 0.3) is 0 Å². The van der Waals surface area contributed by atoms with Crippen LogP contribution in [-0.2, 0) is 0 Å². The van der Waals surface area contributed by atoms with Gasteiger partial charge in [0.2, 0.25) is 0 Å². The summed E-state index contributed by atoms with van der Waals surface area (Å²) in [5, 5.41) is 5.23. The lowest BCUT2D eigenvalue weighted by molar-refractivity contribution is 0.434. The van der Waals surface area contributed by atoms with Gasteiger partial charge in [0, 0.05) is 34.9 Å². The van der Waals surface area contributed by atoms with Gasteiger partial charge in [-0.05, 0) is 63.5 Å². The molecule has 0 saturated carbocycles. The van der Waals surface area contributed by atoms with Crippen LogP contribution in [0.25, 0.3) is 10.9 Å². The van der Waals surface area contributed by atoms with Crippen LogP contribution >= 0.6 is 11.6 Å². The predicted octanol–water partition coefficient (Wildman–Crippen LogP) is 3.86. The van der Waals surface area contributed by atoms with Gasteiger partial charge in [0.1, 0.15) is 0 Å². The Hall–Kier alpha value is -1.32. The Balaban J connectivity index is 1.97. The van der Waals surface area contributed by atoms with E-state index in [-0.39, 0.29) is 0 Å². The monoisotopic (exact) mass is 303 g/mol. The fraction of sp³-hybridized carbons (Fsp3) is 0.471. The van der Waals surface area contributed by atoms with Crippen molar-refractivity contribution < 1.29 is 0 Å². The van der Waals surface area contributed by atoms with Crippen molar-refractivity contribution in [3.8, 4) is 0 Å². The molecule has 4 heteroatoms. The summed E-state index contributed by atoms with van der Waals surface area (Å²) in [6.07, 6.45) is 6.97. The quantitative estimate of drug-likeness (QED) is 0.929. The Morgan fingerprint density at radius 1 is 1.33 bits per heavy atom. The van der Waals surface area contributed by atoms with E-state index in [4.69, 9.17) is 11.6 Å². The lowest BCUT2D eigenvalue weighted by Gasteiger charge is -2.38. The molecule has 0 amide bonds. The summed E-state index contributed by atoms with van der Waals surface area (Å²) in [5.41, 5.74) is 2.29. The first kappa shape index (κ1) is 14.6. The topological polar surface area (TPSA) is 28.2 Å². The molecule has 1 unspecified atom stereocenters. The smallest absolute Gasteiger partial charge is 0.0737 e. The molecule has 0 aliphatic carbocycles. The molecule has 0 radical (unpaired) electrons. The maximum atomic E-state index is 6.09. The molecule has 2 heterocycles. The second kappa shape index (κ2) is 6.63. The average Bonchev–Trinajstić information content (AvgIpc) is 2.52. The first-order valence-corrected chi connectivity index (χ1v) is 8.13. The van der Waals surface area contributed by atoms with Gasteiger partial charge >= 0.3 is 0 Å². The Labute approximate surface area is 131 Å². The summed E-state index contributed by atoms with van der Waals surface area (Å²) in [4.78, 5) is 7.03. The van der Waals surface area contributed by atoms with Crippen LogP contribution in [0.15, 0.2) is 30.5 Å². The third-order valence-electron chi connectivity index (χ3n) is 4.35. The van der Waals surface area contributed by atoms with Gasteiger partial charge in [-0.25, -0.2) is 0 Å². The van der Waals surface area contributed by atoms with Gasteiger partial charge < -0.3 is 10.2 Å². The standard InChI is InChI=1S/C17H22ClN3/c1-19-9-7-14-4-2-3-11-21(14)17-8-10-20-16-12-13(18)5-6-15(16)17/h5-6,8,10,12,14,19H,2-4,7,9,11H2,1H3. The van der Waals surface area contributed by atoms with Crippen molar-refractivity contribution in [1.29, 1.82) is 0 Å². The lowest BCUT2D eigenvalue weighted by atomic mass is 9.97. The number of hydrogen-bond acceptors (Lipinski definition) is 3. The number of benzene rings is 1. The van der Waals surface area contributed by atoms with E-state index in [1.54, 1.807) is 0 Å². The third-order valence-corrected chi connectivity index (χ3v) is 4.58. The SMILES string of the molecule is CNCCC1CCCCN1c1ccnc2cc(Cl)ccc12. The van der Waals surface area contributed by atoms with E-state index in [1.807, 2.05) is 25.4 Å². The van der Waals surface area contributed by atoms with Crippen LogP contribution < -0.4 is 10.2 Å². The van der Waals surface area contributed by atoms with Gasteiger partial charge in [0.15, 0.2) is 0 Å². The van der Waals surface area contributed by atoms with Gasteiger partial charge in [0.05, 0.1) is 5.52 Å². The first-order chi connectivity index (χ1) is 10.3. The molecule has 3 nitrogen and oxygen atoms in total. The Kier molecular flexibility index (Phi) is 4.61.